The Balaban J connectivity index is 3.09. The van der Waals surface area contributed by atoms with E-state index in [9.17, 15) is 8.42 Å². The van der Waals surface area contributed by atoms with Crippen LogP contribution in [-0.4, -0.2) is 51.4 Å². The summed E-state index contributed by atoms with van der Waals surface area (Å²) < 4.78 is 32.6. The molecular formula is C14H25ClN2O3S. The van der Waals surface area contributed by atoms with Crippen LogP contribution in [0.3, 0.4) is 0 Å². The molecule has 0 saturated carbocycles. The molecule has 0 spiro atoms. The van der Waals surface area contributed by atoms with Crippen LogP contribution in [0.5, 0.6) is 0 Å². The minimum atomic E-state index is -3.56. The minimum Gasteiger partial charge on any atom is -0.464 e. The Morgan fingerprint density at radius 1 is 1.29 bits per heavy atom. The molecule has 0 aromatic carbocycles. The molecule has 0 aliphatic carbocycles. The Hall–Kier alpha value is -0.560. The van der Waals surface area contributed by atoms with Crippen molar-refractivity contribution in [3.05, 3.63) is 17.6 Å². The summed E-state index contributed by atoms with van der Waals surface area (Å²) in [6.07, 6.45) is 0. The first-order chi connectivity index (χ1) is 9.68. The van der Waals surface area contributed by atoms with Crippen molar-refractivity contribution in [3.8, 4) is 0 Å². The normalized spacial score (nSPS) is 12.8. The van der Waals surface area contributed by atoms with E-state index < -0.39 is 10.0 Å². The molecule has 5 nitrogen and oxygen atoms in total. The van der Waals surface area contributed by atoms with Crippen molar-refractivity contribution in [1.82, 2.24) is 9.21 Å². The largest absolute Gasteiger partial charge is 0.464 e. The van der Waals surface area contributed by atoms with E-state index in [1.165, 1.54) is 10.4 Å². The Morgan fingerprint density at radius 3 is 2.33 bits per heavy atom. The summed E-state index contributed by atoms with van der Waals surface area (Å²) in [5.41, 5.74) is 0. The number of likely N-dealkylation sites (N-methyl/N-ethyl adjacent to an activating group) is 1. The molecule has 0 aliphatic rings. The maximum atomic E-state index is 12.8. The smallest absolute Gasteiger partial charge is 0.246 e. The van der Waals surface area contributed by atoms with Gasteiger partial charge in [0.1, 0.15) is 16.4 Å². The van der Waals surface area contributed by atoms with Crippen LogP contribution in [0, 0.1) is 12.8 Å². The van der Waals surface area contributed by atoms with E-state index in [0.29, 0.717) is 31.2 Å². The first kappa shape index (κ1) is 18.5. The Labute approximate surface area is 132 Å². The molecule has 0 aliphatic heterocycles. The minimum absolute atomic E-state index is 0.165. The zero-order valence-electron chi connectivity index (χ0n) is 13.4. The van der Waals surface area contributed by atoms with Crippen LogP contribution in [0.2, 0.25) is 0 Å². The third kappa shape index (κ3) is 4.98. The van der Waals surface area contributed by atoms with Gasteiger partial charge in [0.25, 0.3) is 0 Å². The van der Waals surface area contributed by atoms with Crippen molar-refractivity contribution in [2.45, 2.75) is 31.5 Å². The van der Waals surface area contributed by atoms with Gasteiger partial charge in [-0.05, 0) is 26.9 Å². The molecule has 1 aromatic heterocycles. The molecule has 1 aromatic rings. The van der Waals surface area contributed by atoms with Crippen LogP contribution in [0.1, 0.15) is 25.4 Å². The van der Waals surface area contributed by atoms with Crippen LogP contribution in [0.15, 0.2) is 15.4 Å². The van der Waals surface area contributed by atoms with Crippen LogP contribution in [-0.2, 0) is 15.9 Å². The predicted molar refractivity (Wildman–Crippen MR) is 85.2 cm³/mol. The molecule has 0 saturated heterocycles. The molecule has 1 heterocycles. The SMILES string of the molecule is Cc1oc(CCl)cc1S(=O)(=O)N(CCN(C)C)CC(C)C. The Bertz CT molecular complexity index is 553. The topological polar surface area (TPSA) is 53.8 Å². The zero-order valence-corrected chi connectivity index (χ0v) is 15.0. The summed E-state index contributed by atoms with van der Waals surface area (Å²) >= 11 is 5.72. The molecule has 0 fully saturated rings. The summed E-state index contributed by atoms with van der Waals surface area (Å²) in [7, 11) is 0.293. The molecule has 0 atom stereocenters. The van der Waals surface area contributed by atoms with Gasteiger partial charge in [-0.15, -0.1) is 11.6 Å². The number of aryl methyl sites for hydroxylation is 1. The predicted octanol–water partition coefficient (Wildman–Crippen LogP) is 2.54. The molecular weight excluding hydrogens is 312 g/mol. The van der Waals surface area contributed by atoms with Gasteiger partial charge in [0.2, 0.25) is 10.0 Å². The van der Waals surface area contributed by atoms with Crippen LogP contribution < -0.4 is 0 Å². The average Bonchev–Trinajstić information content (AvgIpc) is 2.75. The van der Waals surface area contributed by atoms with Crippen molar-refractivity contribution < 1.29 is 12.8 Å². The fourth-order valence-electron chi connectivity index (χ4n) is 2.01. The number of halogens is 1. The highest BCUT2D eigenvalue weighted by atomic mass is 35.5. The number of sulfonamides is 1. The first-order valence-corrected chi connectivity index (χ1v) is 8.96. The third-order valence-corrected chi connectivity index (χ3v) is 5.27. The number of rotatable bonds is 8. The van der Waals surface area contributed by atoms with Crippen LogP contribution >= 0.6 is 11.6 Å². The summed E-state index contributed by atoms with van der Waals surface area (Å²) in [5.74, 6) is 1.29. The van der Waals surface area contributed by atoms with Gasteiger partial charge in [0.05, 0.1) is 5.88 Å². The number of alkyl halides is 1. The summed E-state index contributed by atoms with van der Waals surface area (Å²) in [6, 6.07) is 1.53. The Morgan fingerprint density at radius 2 is 1.90 bits per heavy atom. The molecule has 0 N–H and O–H groups in total. The highest BCUT2D eigenvalue weighted by molar-refractivity contribution is 7.89. The number of hydrogen-bond acceptors (Lipinski definition) is 4. The molecule has 1 rings (SSSR count). The molecule has 122 valence electrons. The van der Waals surface area contributed by atoms with E-state index in [2.05, 4.69) is 0 Å². The Kier molecular flexibility index (Phi) is 6.71. The molecule has 0 bridgehead atoms. The maximum Gasteiger partial charge on any atom is 0.246 e. The monoisotopic (exact) mass is 336 g/mol. The van der Waals surface area contributed by atoms with Crippen molar-refractivity contribution in [3.63, 3.8) is 0 Å². The van der Waals surface area contributed by atoms with Gasteiger partial charge in [-0.25, -0.2) is 8.42 Å². The lowest BCUT2D eigenvalue weighted by Gasteiger charge is -2.25. The highest BCUT2D eigenvalue weighted by Crippen LogP contribution is 2.25. The molecule has 21 heavy (non-hydrogen) atoms. The van der Waals surface area contributed by atoms with Gasteiger partial charge in [-0.1, -0.05) is 13.8 Å². The third-order valence-electron chi connectivity index (χ3n) is 3.04. The molecule has 0 amide bonds. The fraction of sp³-hybridized carbons (Fsp3) is 0.714. The number of nitrogens with zero attached hydrogens (tertiary/aromatic N) is 2. The van der Waals surface area contributed by atoms with Gasteiger partial charge in [0, 0.05) is 25.7 Å². The zero-order chi connectivity index (χ0) is 16.2. The molecule has 0 radical (unpaired) electrons. The first-order valence-electron chi connectivity index (χ1n) is 6.98. The van der Waals surface area contributed by atoms with Gasteiger partial charge in [0.15, 0.2) is 0 Å². The summed E-state index contributed by atoms with van der Waals surface area (Å²) in [4.78, 5) is 2.19. The van der Waals surface area contributed by atoms with E-state index in [0.717, 1.165) is 0 Å². The molecule has 7 heteroatoms. The van der Waals surface area contributed by atoms with E-state index >= 15 is 0 Å². The van der Waals surface area contributed by atoms with Gasteiger partial charge >= 0.3 is 0 Å². The van der Waals surface area contributed by atoms with E-state index in [4.69, 9.17) is 16.0 Å². The summed E-state index contributed by atoms with van der Waals surface area (Å²) in [5, 5.41) is 0. The van der Waals surface area contributed by atoms with Crippen molar-refractivity contribution >= 4 is 21.6 Å². The van der Waals surface area contributed by atoms with E-state index in [1.807, 2.05) is 32.8 Å². The number of hydrogen-bond donors (Lipinski definition) is 0. The van der Waals surface area contributed by atoms with Crippen LogP contribution in [0.25, 0.3) is 0 Å². The van der Waals surface area contributed by atoms with Gasteiger partial charge in [-0.2, -0.15) is 4.31 Å². The standard InChI is InChI=1S/C14H25ClN2O3S/c1-11(2)10-17(7-6-16(4)5)21(18,19)14-8-13(9-15)20-12(14)3/h8,11H,6-7,9-10H2,1-5H3. The average molecular weight is 337 g/mol. The summed E-state index contributed by atoms with van der Waals surface area (Å²) in [6.45, 7) is 7.27. The van der Waals surface area contributed by atoms with Gasteiger partial charge < -0.3 is 9.32 Å². The van der Waals surface area contributed by atoms with E-state index in [-0.39, 0.29) is 16.7 Å². The van der Waals surface area contributed by atoms with Gasteiger partial charge in [-0.3, -0.25) is 0 Å². The maximum absolute atomic E-state index is 12.8. The van der Waals surface area contributed by atoms with E-state index in [1.54, 1.807) is 6.92 Å². The van der Waals surface area contributed by atoms with Crippen LogP contribution in [0.4, 0.5) is 0 Å². The van der Waals surface area contributed by atoms with Crippen molar-refractivity contribution in [2.75, 3.05) is 33.7 Å². The second kappa shape index (κ2) is 7.63. The number of furan rings is 1. The second-order valence-corrected chi connectivity index (χ2v) is 8.00. The second-order valence-electron chi connectivity index (χ2n) is 5.83. The lowest BCUT2D eigenvalue weighted by atomic mass is 10.2. The fourth-order valence-corrected chi connectivity index (χ4v) is 3.93. The quantitative estimate of drug-likeness (QED) is 0.684. The lowest BCUT2D eigenvalue weighted by Crippen LogP contribution is -2.39. The molecule has 0 unspecified atom stereocenters. The van der Waals surface area contributed by atoms with Crippen molar-refractivity contribution in [1.29, 1.82) is 0 Å². The van der Waals surface area contributed by atoms with Crippen molar-refractivity contribution in [2.24, 2.45) is 5.92 Å². The highest BCUT2D eigenvalue weighted by Gasteiger charge is 2.29. The lowest BCUT2D eigenvalue weighted by molar-refractivity contribution is 0.312.